The fraction of sp³-hybridized carbons (Fsp3) is 0.273. The lowest BCUT2D eigenvalue weighted by molar-refractivity contribution is -0.169. The summed E-state index contributed by atoms with van der Waals surface area (Å²) in [6.45, 7) is 5.27. The second kappa shape index (κ2) is 12.6. The summed E-state index contributed by atoms with van der Waals surface area (Å²) >= 11 is 0. The Morgan fingerprint density at radius 1 is 0.825 bits per heavy atom. The van der Waals surface area contributed by atoms with Crippen LogP contribution < -0.4 is 5.32 Å². The fourth-order valence-electron chi connectivity index (χ4n) is 5.11. The lowest BCUT2D eigenvalue weighted by Gasteiger charge is -2.31. The van der Waals surface area contributed by atoms with E-state index in [1.807, 2.05) is 85.8 Å². The van der Waals surface area contributed by atoms with Crippen molar-refractivity contribution in [3.05, 3.63) is 118 Å². The van der Waals surface area contributed by atoms with Crippen molar-refractivity contribution >= 4 is 23.5 Å². The summed E-state index contributed by atoms with van der Waals surface area (Å²) in [6, 6.07) is 24.1. The van der Waals surface area contributed by atoms with E-state index in [9.17, 15) is 14.4 Å². The summed E-state index contributed by atoms with van der Waals surface area (Å²) in [4.78, 5) is 41.5. The molecule has 40 heavy (non-hydrogen) atoms. The molecule has 1 saturated heterocycles. The molecule has 0 unspecified atom stereocenters. The predicted octanol–water partition coefficient (Wildman–Crippen LogP) is 4.95. The highest BCUT2D eigenvalue weighted by atomic mass is 16.6. The molecule has 7 nitrogen and oxygen atoms in total. The third kappa shape index (κ3) is 5.34. The average Bonchev–Trinajstić information content (AvgIpc) is 3.32. The molecule has 1 fully saturated rings. The van der Waals surface area contributed by atoms with Crippen LogP contribution in [0.1, 0.15) is 42.1 Å². The van der Waals surface area contributed by atoms with Crippen LogP contribution in [-0.2, 0) is 28.6 Å². The average molecular weight is 540 g/mol. The van der Waals surface area contributed by atoms with E-state index >= 15 is 0 Å². The van der Waals surface area contributed by atoms with E-state index in [1.165, 1.54) is 7.11 Å². The zero-order valence-corrected chi connectivity index (χ0v) is 23.1. The van der Waals surface area contributed by atoms with Crippen LogP contribution in [0.4, 0.5) is 0 Å². The van der Waals surface area contributed by atoms with E-state index in [-0.39, 0.29) is 18.8 Å². The van der Waals surface area contributed by atoms with Crippen molar-refractivity contribution < 1.29 is 28.6 Å². The van der Waals surface area contributed by atoms with Crippen LogP contribution in [0.15, 0.2) is 96.2 Å². The molecule has 7 heteroatoms. The molecule has 1 N–H and O–H groups in total. The molecule has 0 saturated carbocycles. The molecule has 206 valence electrons. The lowest BCUT2D eigenvalue weighted by atomic mass is 9.72. The van der Waals surface area contributed by atoms with Crippen LogP contribution in [0.5, 0.6) is 0 Å². The lowest BCUT2D eigenvalue weighted by Crippen LogP contribution is -2.47. The summed E-state index contributed by atoms with van der Waals surface area (Å²) in [5.74, 6) is -2.33. The van der Waals surface area contributed by atoms with Crippen LogP contribution in [0.25, 0.3) is 5.57 Å². The Morgan fingerprint density at radius 2 is 1.38 bits per heavy atom. The highest BCUT2D eigenvalue weighted by Crippen LogP contribution is 2.50. The second-order valence-corrected chi connectivity index (χ2v) is 9.36. The maximum atomic E-state index is 14.1. The smallest absolute Gasteiger partial charge is 0.330 e. The highest BCUT2D eigenvalue weighted by molar-refractivity contribution is 6.08. The largest absolute Gasteiger partial charge is 0.468 e. The number of ether oxygens (including phenoxy) is 3. The van der Waals surface area contributed by atoms with E-state index in [1.54, 1.807) is 19.9 Å². The first-order chi connectivity index (χ1) is 19.4. The molecule has 0 aliphatic carbocycles. The standard InChI is InChI=1S/C33H33NO6/c1-5-39-31(36)33(32(37)40-6-2)27(21-26(23-15-9-7-10-16-23)24-17-11-8-12-18-24)28(30(35)38-4)34-29(33)25-19-13-14-22(3)20-25/h7-20,28-29,34H,5-6H2,1-4H3/t28-,29-/m1/s1. The first-order valence-electron chi connectivity index (χ1n) is 13.2. The van der Waals surface area contributed by atoms with Gasteiger partial charge in [-0.05, 0) is 37.5 Å². The molecule has 0 aromatic heterocycles. The van der Waals surface area contributed by atoms with Gasteiger partial charge in [0, 0.05) is 11.1 Å². The first kappa shape index (κ1) is 28.6. The molecule has 0 spiro atoms. The highest BCUT2D eigenvalue weighted by Gasteiger charge is 2.66. The van der Waals surface area contributed by atoms with Crippen molar-refractivity contribution in [2.45, 2.75) is 32.9 Å². The minimum absolute atomic E-state index is 0.0185. The maximum Gasteiger partial charge on any atom is 0.330 e. The quantitative estimate of drug-likeness (QED) is 0.187. The molecule has 0 radical (unpaired) electrons. The van der Waals surface area contributed by atoms with Crippen LogP contribution >= 0.6 is 0 Å². The Labute approximate surface area is 234 Å². The maximum absolute atomic E-state index is 14.1. The van der Waals surface area contributed by atoms with Gasteiger partial charge in [-0.1, -0.05) is 90.5 Å². The molecular formula is C33H33NO6. The van der Waals surface area contributed by atoms with Crippen LogP contribution in [0, 0.1) is 12.3 Å². The molecule has 0 amide bonds. The van der Waals surface area contributed by atoms with Gasteiger partial charge in [-0.2, -0.15) is 0 Å². The van der Waals surface area contributed by atoms with Gasteiger partial charge in [0.2, 0.25) is 5.41 Å². The van der Waals surface area contributed by atoms with E-state index in [0.29, 0.717) is 11.1 Å². The third-order valence-corrected chi connectivity index (χ3v) is 6.87. The van der Waals surface area contributed by atoms with Gasteiger partial charge >= 0.3 is 17.9 Å². The van der Waals surface area contributed by atoms with Crippen LogP contribution in [0.2, 0.25) is 0 Å². The molecule has 3 aromatic rings. The number of esters is 3. The Hall–Kier alpha value is -4.45. The monoisotopic (exact) mass is 539 g/mol. The van der Waals surface area contributed by atoms with Crippen molar-refractivity contribution in [1.29, 1.82) is 0 Å². The Kier molecular flexibility index (Phi) is 9.00. The predicted molar refractivity (Wildman–Crippen MR) is 151 cm³/mol. The number of hydrogen-bond donors (Lipinski definition) is 1. The van der Waals surface area contributed by atoms with Gasteiger partial charge in [-0.15, -0.1) is 5.73 Å². The minimum Gasteiger partial charge on any atom is -0.468 e. The number of carbonyl (C=O) groups excluding carboxylic acids is 3. The number of hydrogen-bond acceptors (Lipinski definition) is 7. The van der Waals surface area contributed by atoms with Gasteiger partial charge < -0.3 is 14.2 Å². The van der Waals surface area contributed by atoms with E-state index < -0.39 is 35.4 Å². The number of nitrogens with one attached hydrogen (secondary N) is 1. The SMILES string of the molecule is CCOC(=O)C1(C(=O)OCC)C(=C=C(c2ccccc2)c2ccccc2)[C@H](C(=O)OC)N[C@@H]1c1cccc(C)c1. The van der Waals surface area contributed by atoms with Crippen molar-refractivity contribution in [3.8, 4) is 0 Å². The second-order valence-electron chi connectivity index (χ2n) is 9.36. The van der Waals surface area contributed by atoms with Crippen molar-refractivity contribution in [2.24, 2.45) is 5.41 Å². The Bertz CT molecular complexity index is 1380. The van der Waals surface area contributed by atoms with E-state index in [4.69, 9.17) is 14.2 Å². The number of benzene rings is 3. The van der Waals surface area contributed by atoms with E-state index in [0.717, 1.165) is 16.7 Å². The molecule has 3 aromatic carbocycles. The molecular weight excluding hydrogens is 506 g/mol. The summed E-state index contributed by atoms with van der Waals surface area (Å²) in [7, 11) is 1.26. The summed E-state index contributed by atoms with van der Waals surface area (Å²) < 4.78 is 16.3. The van der Waals surface area contributed by atoms with Gasteiger partial charge in [-0.25, -0.2) is 4.79 Å². The van der Waals surface area contributed by atoms with Gasteiger partial charge in [-0.3, -0.25) is 14.9 Å². The van der Waals surface area contributed by atoms with Crippen LogP contribution in [0.3, 0.4) is 0 Å². The fourth-order valence-corrected chi connectivity index (χ4v) is 5.11. The number of rotatable bonds is 8. The summed E-state index contributed by atoms with van der Waals surface area (Å²) in [6.07, 6.45) is 0. The van der Waals surface area contributed by atoms with Crippen LogP contribution in [-0.4, -0.2) is 44.3 Å². The van der Waals surface area contributed by atoms with Gasteiger partial charge in [0.25, 0.3) is 0 Å². The van der Waals surface area contributed by atoms with E-state index in [2.05, 4.69) is 11.0 Å². The molecule has 1 aliphatic heterocycles. The molecule has 4 rings (SSSR count). The van der Waals surface area contributed by atoms with Gasteiger partial charge in [0.1, 0.15) is 6.04 Å². The summed E-state index contributed by atoms with van der Waals surface area (Å²) in [5, 5.41) is 3.22. The zero-order chi connectivity index (χ0) is 28.7. The minimum atomic E-state index is -2.06. The molecule has 2 atom stereocenters. The van der Waals surface area contributed by atoms with Gasteiger partial charge in [0.15, 0.2) is 0 Å². The topological polar surface area (TPSA) is 90.9 Å². The Balaban J connectivity index is 2.19. The Morgan fingerprint density at radius 3 is 1.85 bits per heavy atom. The zero-order valence-electron chi connectivity index (χ0n) is 23.1. The molecule has 1 aliphatic rings. The molecule has 0 bridgehead atoms. The number of carbonyl (C=O) groups is 3. The van der Waals surface area contributed by atoms with Crippen molar-refractivity contribution in [1.82, 2.24) is 5.32 Å². The summed E-state index contributed by atoms with van der Waals surface area (Å²) in [5.41, 5.74) is 5.07. The van der Waals surface area contributed by atoms with Gasteiger partial charge in [0.05, 0.1) is 26.4 Å². The first-order valence-corrected chi connectivity index (χ1v) is 13.2. The third-order valence-electron chi connectivity index (χ3n) is 6.87. The normalized spacial score (nSPS) is 17.4. The number of aryl methyl sites for hydroxylation is 1. The van der Waals surface area contributed by atoms with Crippen molar-refractivity contribution in [2.75, 3.05) is 20.3 Å². The van der Waals surface area contributed by atoms with Crippen molar-refractivity contribution in [3.63, 3.8) is 0 Å². The molecule has 1 heterocycles. The number of methoxy groups -OCH3 is 1.